The van der Waals surface area contributed by atoms with Crippen LogP contribution in [-0.4, -0.2) is 21.9 Å². The van der Waals surface area contributed by atoms with Crippen molar-refractivity contribution in [2.45, 2.75) is 91.1 Å². The average molecular weight is 415 g/mol. The maximum absolute atomic E-state index is 13.5. The second kappa shape index (κ2) is 14.0. The maximum Gasteiger partial charge on any atom is 0.222 e. The first kappa shape index (κ1) is 24.2. The van der Waals surface area contributed by atoms with Gasteiger partial charge >= 0.3 is 0 Å². The fourth-order valence-electron chi connectivity index (χ4n) is 3.83. The van der Waals surface area contributed by atoms with Gasteiger partial charge in [-0.15, -0.1) is 0 Å². The van der Waals surface area contributed by atoms with Crippen LogP contribution in [0.1, 0.15) is 89.3 Å². The number of carbonyl (C=O) groups excluding carboxylic acids is 1. The van der Waals surface area contributed by atoms with Crippen LogP contribution in [0.2, 0.25) is 0 Å². The summed E-state index contributed by atoms with van der Waals surface area (Å²) >= 11 is 0. The van der Waals surface area contributed by atoms with Crippen LogP contribution in [0.5, 0.6) is 0 Å². The van der Waals surface area contributed by atoms with E-state index in [4.69, 9.17) is 0 Å². The molecule has 0 N–H and O–H groups in total. The molecule has 3 nitrogen and oxygen atoms in total. The number of amides is 1. The largest absolute Gasteiger partial charge is 0.345 e. The van der Waals surface area contributed by atoms with E-state index in [0.717, 1.165) is 49.9 Å². The molecule has 0 bridgehead atoms. The van der Waals surface area contributed by atoms with Gasteiger partial charge in [-0.3, -0.25) is 4.79 Å². The van der Waals surface area contributed by atoms with Crippen molar-refractivity contribution in [3.63, 3.8) is 0 Å². The SMILES string of the molecule is CCCCCCCCC(=O)N(CCCCC)Cc1cccn1Cc1cccc(F)c1. The highest BCUT2D eigenvalue weighted by molar-refractivity contribution is 5.76. The molecule has 0 fully saturated rings. The number of halogens is 1. The Hall–Kier alpha value is -2.10. The summed E-state index contributed by atoms with van der Waals surface area (Å²) in [5.74, 6) is 0.0524. The molecule has 0 radical (unpaired) electrons. The second-order valence-electron chi connectivity index (χ2n) is 8.30. The van der Waals surface area contributed by atoms with Gasteiger partial charge in [-0.25, -0.2) is 4.39 Å². The summed E-state index contributed by atoms with van der Waals surface area (Å²) in [5, 5.41) is 0. The number of hydrogen-bond acceptors (Lipinski definition) is 1. The number of unbranched alkanes of at least 4 members (excludes halogenated alkanes) is 7. The van der Waals surface area contributed by atoms with E-state index in [1.807, 2.05) is 23.2 Å². The molecule has 2 aromatic rings. The van der Waals surface area contributed by atoms with Gasteiger partial charge in [0, 0.05) is 31.4 Å². The molecular weight excluding hydrogens is 375 g/mol. The van der Waals surface area contributed by atoms with Gasteiger partial charge < -0.3 is 9.47 Å². The Morgan fingerprint density at radius 1 is 0.933 bits per heavy atom. The molecule has 0 saturated carbocycles. The number of rotatable bonds is 15. The molecule has 0 saturated heterocycles. The Morgan fingerprint density at radius 3 is 2.43 bits per heavy atom. The topological polar surface area (TPSA) is 25.2 Å². The summed E-state index contributed by atoms with van der Waals surface area (Å²) in [6, 6.07) is 10.8. The summed E-state index contributed by atoms with van der Waals surface area (Å²) in [6.07, 6.45) is 13.2. The first-order valence-electron chi connectivity index (χ1n) is 11.8. The van der Waals surface area contributed by atoms with Crippen LogP contribution in [-0.2, 0) is 17.9 Å². The number of hydrogen-bond donors (Lipinski definition) is 0. The third-order valence-corrected chi connectivity index (χ3v) is 5.65. The van der Waals surface area contributed by atoms with E-state index >= 15 is 0 Å². The van der Waals surface area contributed by atoms with E-state index in [1.165, 1.54) is 31.7 Å². The molecule has 166 valence electrons. The third-order valence-electron chi connectivity index (χ3n) is 5.65. The quantitative estimate of drug-likeness (QED) is 0.290. The van der Waals surface area contributed by atoms with Crippen LogP contribution in [0.4, 0.5) is 4.39 Å². The van der Waals surface area contributed by atoms with Crippen molar-refractivity contribution in [1.29, 1.82) is 0 Å². The maximum atomic E-state index is 13.5. The number of benzene rings is 1. The molecule has 2 rings (SSSR count). The van der Waals surface area contributed by atoms with Crippen molar-refractivity contribution in [3.8, 4) is 0 Å². The molecule has 4 heteroatoms. The van der Waals surface area contributed by atoms with E-state index in [1.54, 1.807) is 12.1 Å². The molecule has 1 aromatic carbocycles. The van der Waals surface area contributed by atoms with Gasteiger partial charge in [0.05, 0.1) is 6.54 Å². The van der Waals surface area contributed by atoms with Crippen molar-refractivity contribution in [1.82, 2.24) is 9.47 Å². The number of carbonyl (C=O) groups is 1. The third kappa shape index (κ3) is 8.73. The van der Waals surface area contributed by atoms with Crippen molar-refractivity contribution in [3.05, 3.63) is 59.7 Å². The summed E-state index contributed by atoms with van der Waals surface area (Å²) in [6.45, 7) is 6.47. The van der Waals surface area contributed by atoms with Gasteiger partial charge in [0.25, 0.3) is 0 Å². The number of nitrogens with zero attached hydrogens (tertiary/aromatic N) is 2. The Balaban J connectivity index is 1.95. The molecule has 30 heavy (non-hydrogen) atoms. The monoisotopic (exact) mass is 414 g/mol. The highest BCUT2D eigenvalue weighted by atomic mass is 19.1. The fraction of sp³-hybridized carbons (Fsp3) is 0.577. The smallest absolute Gasteiger partial charge is 0.222 e. The van der Waals surface area contributed by atoms with Gasteiger partial charge in [-0.1, -0.05) is 70.9 Å². The first-order valence-corrected chi connectivity index (χ1v) is 11.8. The normalized spacial score (nSPS) is 11.0. The van der Waals surface area contributed by atoms with Gasteiger partial charge in [-0.05, 0) is 42.7 Å². The van der Waals surface area contributed by atoms with E-state index in [0.29, 0.717) is 19.5 Å². The average Bonchev–Trinajstić information content (AvgIpc) is 3.16. The molecular formula is C26H39FN2O. The van der Waals surface area contributed by atoms with Crippen LogP contribution >= 0.6 is 0 Å². The van der Waals surface area contributed by atoms with Crippen LogP contribution in [0.3, 0.4) is 0 Å². The van der Waals surface area contributed by atoms with Crippen LogP contribution in [0.15, 0.2) is 42.6 Å². The summed E-state index contributed by atoms with van der Waals surface area (Å²) in [5.41, 5.74) is 2.04. The Kier molecular flexibility index (Phi) is 11.3. The Bertz CT molecular complexity index is 740. The predicted octanol–water partition coefficient (Wildman–Crippen LogP) is 6.94. The molecule has 0 aliphatic rings. The Morgan fingerprint density at radius 2 is 1.67 bits per heavy atom. The minimum Gasteiger partial charge on any atom is -0.345 e. The predicted molar refractivity (Wildman–Crippen MR) is 123 cm³/mol. The first-order chi connectivity index (χ1) is 14.6. The second-order valence-corrected chi connectivity index (χ2v) is 8.30. The standard InChI is InChI=1S/C26H39FN2O/c1-3-5-7-8-9-10-17-26(30)29(18-11-6-4-2)22-25-16-13-19-28(25)21-23-14-12-15-24(27)20-23/h12-16,19-20H,3-11,17-18,21-22H2,1-2H3. The zero-order valence-electron chi connectivity index (χ0n) is 18.9. The molecule has 1 amide bonds. The molecule has 1 aromatic heterocycles. The molecule has 1 heterocycles. The summed E-state index contributed by atoms with van der Waals surface area (Å²) < 4.78 is 15.7. The molecule has 0 atom stereocenters. The molecule has 0 aliphatic heterocycles. The lowest BCUT2D eigenvalue weighted by Gasteiger charge is -2.24. The Labute approximate surface area is 182 Å². The fourth-order valence-corrected chi connectivity index (χ4v) is 3.83. The van der Waals surface area contributed by atoms with Crippen molar-refractivity contribution >= 4 is 5.91 Å². The van der Waals surface area contributed by atoms with E-state index < -0.39 is 0 Å². The van der Waals surface area contributed by atoms with Crippen LogP contribution in [0, 0.1) is 5.82 Å². The lowest BCUT2D eigenvalue weighted by Crippen LogP contribution is -2.32. The van der Waals surface area contributed by atoms with Crippen molar-refractivity contribution in [2.24, 2.45) is 0 Å². The van der Waals surface area contributed by atoms with Crippen LogP contribution in [0.25, 0.3) is 0 Å². The zero-order valence-corrected chi connectivity index (χ0v) is 18.9. The van der Waals surface area contributed by atoms with Crippen LogP contribution < -0.4 is 0 Å². The van der Waals surface area contributed by atoms with E-state index in [2.05, 4.69) is 24.5 Å². The van der Waals surface area contributed by atoms with E-state index in [-0.39, 0.29) is 11.7 Å². The minimum absolute atomic E-state index is 0.212. The minimum atomic E-state index is -0.212. The zero-order chi connectivity index (χ0) is 21.6. The lowest BCUT2D eigenvalue weighted by molar-refractivity contribution is -0.132. The van der Waals surface area contributed by atoms with Gasteiger partial charge in [0.15, 0.2) is 0 Å². The summed E-state index contributed by atoms with van der Waals surface area (Å²) in [4.78, 5) is 15.0. The van der Waals surface area contributed by atoms with Gasteiger partial charge in [0.1, 0.15) is 5.82 Å². The van der Waals surface area contributed by atoms with E-state index in [9.17, 15) is 9.18 Å². The van der Waals surface area contributed by atoms with Crippen molar-refractivity contribution < 1.29 is 9.18 Å². The van der Waals surface area contributed by atoms with Gasteiger partial charge in [0.2, 0.25) is 5.91 Å². The highest BCUT2D eigenvalue weighted by Crippen LogP contribution is 2.15. The van der Waals surface area contributed by atoms with Gasteiger partial charge in [-0.2, -0.15) is 0 Å². The highest BCUT2D eigenvalue weighted by Gasteiger charge is 2.15. The molecule has 0 aliphatic carbocycles. The lowest BCUT2D eigenvalue weighted by atomic mass is 10.1. The van der Waals surface area contributed by atoms with Crippen molar-refractivity contribution in [2.75, 3.05) is 6.54 Å². The summed E-state index contributed by atoms with van der Waals surface area (Å²) in [7, 11) is 0. The molecule has 0 spiro atoms. The molecule has 0 unspecified atom stereocenters. The number of aromatic nitrogens is 1.